The number of carbonyl (C=O) groups excluding carboxylic acids is 1. The topological polar surface area (TPSA) is 97.2 Å². The molecule has 1 saturated heterocycles. The number of ether oxygens (including phenoxy) is 2. The molecule has 2 aromatic heterocycles. The van der Waals surface area contributed by atoms with Crippen molar-refractivity contribution in [3.8, 4) is 17.4 Å². The summed E-state index contributed by atoms with van der Waals surface area (Å²) in [5, 5.41) is 0.871. The van der Waals surface area contributed by atoms with Gasteiger partial charge in [0.2, 0.25) is 5.88 Å². The highest BCUT2D eigenvalue weighted by Gasteiger charge is 2.29. The number of halogens is 4. The first-order valence-corrected chi connectivity index (χ1v) is 16.9. The minimum absolute atomic E-state index is 0. The Morgan fingerprint density at radius 3 is 2.22 bits per heavy atom. The molecule has 6 rings (SSSR count). The molecule has 1 aliphatic rings. The molecule has 50 heavy (non-hydrogen) atoms. The number of anilines is 1. The average Bonchev–Trinajstić information content (AvgIpc) is 3.43. The average molecular weight is 775 g/mol. The second-order valence-electron chi connectivity index (χ2n) is 11.7. The number of benzene rings is 3. The van der Waals surface area contributed by atoms with Gasteiger partial charge in [0.25, 0.3) is 15.9 Å². The molecular weight excluding hydrogens is 739 g/mol. The Morgan fingerprint density at radius 1 is 0.900 bits per heavy atom. The van der Waals surface area contributed by atoms with Crippen LogP contribution in [0.25, 0.3) is 10.9 Å². The standard InChI is InChI=1S/C35H34F3N5O5S.BrH/c1-40-31-21-29(48-33-15-11-27(22-39-33)41(2)49(45,46)30-6-4-3-5-7-30)14-10-26(31)20-32(40)34(44)43-18-16-42(17-19-43)23-25-8-12-28(13-9-25)47-24-35(36,37)38;/h3-15,20-22H,16-19,23-24H2,1-2H3;1H. The number of hydrogen-bond donors (Lipinski definition) is 0. The van der Waals surface area contributed by atoms with Crippen molar-refractivity contribution in [2.45, 2.75) is 17.6 Å². The Morgan fingerprint density at radius 2 is 1.58 bits per heavy atom. The largest absolute Gasteiger partial charge is 0.484 e. The molecule has 0 aliphatic carbocycles. The monoisotopic (exact) mass is 773 g/mol. The van der Waals surface area contributed by atoms with Crippen molar-refractivity contribution in [3.05, 3.63) is 108 Å². The molecule has 3 heterocycles. The second-order valence-corrected chi connectivity index (χ2v) is 13.6. The lowest BCUT2D eigenvalue weighted by Crippen LogP contribution is -2.48. The van der Waals surface area contributed by atoms with Gasteiger partial charge >= 0.3 is 6.18 Å². The first-order valence-electron chi connectivity index (χ1n) is 15.4. The number of rotatable bonds is 10. The molecule has 1 fully saturated rings. The lowest BCUT2D eigenvalue weighted by molar-refractivity contribution is -0.153. The van der Waals surface area contributed by atoms with Gasteiger partial charge in [-0.25, -0.2) is 13.4 Å². The van der Waals surface area contributed by atoms with Crippen LogP contribution < -0.4 is 13.8 Å². The molecule has 0 bridgehead atoms. The van der Waals surface area contributed by atoms with Gasteiger partial charge in [-0.3, -0.25) is 14.0 Å². The van der Waals surface area contributed by atoms with Gasteiger partial charge in [0.1, 0.15) is 17.2 Å². The summed E-state index contributed by atoms with van der Waals surface area (Å²) in [4.78, 5) is 22.1. The molecular formula is C35H35BrF3N5O5S. The molecule has 0 unspecified atom stereocenters. The summed E-state index contributed by atoms with van der Waals surface area (Å²) < 4.78 is 76.9. The fraction of sp³-hybridized carbons (Fsp3) is 0.257. The second kappa shape index (κ2) is 15.1. The van der Waals surface area contributed by atoms with E-state index in [2.05, 4.69) is 9.88 Å². The van der Waals surface area contributed by atoms with E-state index in [9.17, 15) is 26.4 Å². The Kier molecular flexibility index (Phi) is 11.1. The fourth-order valence-corrected chi connectivity index (χ4v) is 6.80. The number of carbonyl (C=O) groups is 1. The predicted octanol–water partition coefficient (Wildman–Crippen LogP) is 6.67. The zero-order chi connectivity index (χ0) is 34.8. The molecule has 1 aliphatic heterocycles. The zero-order valence-electron chi connectivity index (χ0n) is 27.2. The normalized spacial score (nSPS) is 13.9. The lowest BCUT2D eigenvalue weighted by atomic mass is 10.2. The highest BCUT2D eigenvalue weighted by molar-refractivity contribution is 8.93. The summed E-state index contributed by atoms with van der Waals surface area (Å²) in [6, 6.07) is 25.3. The van der Waals surface area contributed by atoms with Gasteiger partial charge in [-0.2, -0.15) is 13.2 Å². The molecule has 1 amide bonds. The smallest absolute Gasteiger partial charge is 0.422 e. The van der Waals surface area contributed by atoms with E-state index >= 15 is 0 Å². The summed E-state index contributed by atoms with van der Waals surface area (Å²) in [5.41, 5.74) is 2.66. The van der Waals surface area contributed by atoms with Crippen LogP contribution in [-0.4, -0.2) is 79.7 Å². The van der Waals surface area contributed by atoms with Crippen molar-refractivity contribution in [1.29, 1.82) is 0 Å². The summed E-state index contributed by atoms with van der Waals surface area (Å²) in [7, 11) is -0.449. The Labute approximate surface area is 298 Å². The predicted molar refractivity (Wildman–Crippen MR) is 189 cm³/mol. The number of alkyl halides is 3. The van der Waals surface area contributed by atoms with E-state index < -0.39 is 22.8 Å². The van der Waals surface area contributed by atoms with Gasteiger partial charge in [-0.1, -0.05) is 30.3 Å². The van der Waals surface area contributed by atoms with Crippen LogP contribution in [0.2, 0.25) is 0 Å². The minimum atomic E-state index is -4.39. The van der Waals surface area contributed by atoms with E-state index in [1.165, 1.54) is 37.5 Å². The number of nitrogens with zero attached hydrogens (tertiary/aromatic N) is 5. The van der Waals surface area contributed by atoms with Crippen molar-refractivity contribution >= 4 is 49.5 Å². The molecule has 264 valence electrons. The maximum absolute atomic E-state index is 13.6. The molecule has 5 aromatic rings. The van der Waals surface area contributed by atoms with Crippen LogP contribution in [0.1, 0.15) is 16.1 Å². The van der Waals surface area contributed by atoms with E-state index in [-0.39, 0.29) is 39.4 Å². The Bertz CT molecular complexity index is 2040. The highest BCUT2D eigenvalue weighted by atomic mass is 79.9. The van der Waals surface area contributed by atoms with Crippen LogP contribution in [0.4, 0.5) is 18.9 Å². The van der Waals surface area contributed by atoms with Gasteiger partial charge in [0.05, 0.1) is 22.3 Å². The number of aryl methyl sites for hydroxylation is 1. The highest BCUT2D eigenvalue weighted by Crippen LogP contribution is 2.29. The quantitative estimate of drug-likeness (QED) is 0.157. The molecule has 3 aromatic carbocycles. The first-order chi connectivity index (χ1) is 23.4. The molecule has 10 nitrogen and oxygen atoms in total. The Balaban J connectivity index is 0.00000486. The molecule has 0 radical (unpaired) electrons. The SMILES string of the molecule is Br.CN(c1ccc(Oc2ccc3cc(C(=O)N4CCN(Cc5ccc(OCC(F)(F)F)cc5)CC4)n(C)c3c2)nc1)S(=O)(=O)c1ccccc1. The number of hydrogen-bond acceptors (Lipinski definition) is 7. The van der Waals surface area contributed by atoms with Gasteiger partial charge in [0.15, 0.2) is 6.61 Å². The third-order valence-electron chi connectivity index (χ3n) is 8.34. The van der Waals surface area contributed by atoms with Gasteiger partial charge in [-0.15, -0.1) is 17.0 Å². The van der Waals surface area contributed by atoms with Gasteiger partial charge < -0.3 is 18.9 Å². The molecule has 0 atom stereocenters. The van der Waals surface area contributed by atoms with Crippen LogP contribution in [-0.2, 0) is 23.6 Å². The van der Waals surface area contributed by atoms with E-state index in [1.54, 1.807) is 48.5 Å². The molecule has 0 spiro atoms. The van der Waals surface area contributed by atoms with E-state index in [4.69, 9.17) is 9.47 Å². The first kappa shape index (κ1) is 36.7. The Hall–Kier alpha value is -4.60. The van der Waals surface area contributed by atoms with Crippen molar-refractivity contribution < 1.29 is 35.9 Å². The maximum atomic E-state index is 13.6. The van der Waals surface area contributed by atoms with Gasteiger partial charge in [-0.05, 0) is 54.1 Å². The van der Waals surface area contributed by atoms with Crippen LogP contribution in [0.5, 0.6) is 17.4 Å². The van der Waals surface area contributed by atoms with Crippen molar-refractivity contribution in [1.82, 2.24) is 19.4 Å². The lowest BCUT2D eigenvalue weighted by Gasteiger charge is -2.34. The number of piperazine rings is 1. The summed E-state index contributed by atoms with van der Waals surface area (Å²) >= 11 is 0. The fourth-order valence-electron chi connectivity index (χ4n) is 5.59. The molecule has 0 N–H and O–H groups in total. The van der Waals surface area contributed by atoms with Crippen molar-refractivity contribution in [3.63, 3.8) is 0 Å². The molecule has 15 heteroatoms. The third kappa shape index (κ3) is 8.40. The number of fused-ring (bicyclic) bond motifs is 1. The summed E-state index contributed by atoms with van der Waals surface area (Å²) in [6.45, 7) is 1.65. The van der Waals surface area contributed by atoms with Crippen molar-refractivity contribution in [2.24, 2.45) is 7.05 Å². The van der Waals surface area contributed by atoms with E-state index in [0.717, 1.165) is 20.8 Å². The van der Waals surface area contributed by atoms with Crippen LogP contribution in [0.3, 0.4) is 0 Å². The minimum Gasteiger partial charge on any atom is -0.484 e. The third-order valence-corrected chi connectivity index (χ3v) is 10.1. The molecule has 0 saturated carbocycles. The summed E-state index contributed by atoms with van der Waals surface area (Å²) in [5.74, 6) is 0.867. The number of aromatic nitrogens is 2. The summed E-state index contributed by atoms with van der Waals surface area (Å²) in [6.07, 6.45) is -2.95. The van der Waals surface area contributed by atoms with E-state index in [0.29, 0.717) is 49.9 Å². The van der Waals surface area contributed by atoms with Crippen molar-refractivity contribution in [2.75, 3.05) is 44.1 Å². The van der Waals surface area contributed by atoms with E-state index in [1.807, 2.05) is 34.7 Å². The maximum Gasteiger partial charge on any atom is 0.422 e. The zero-order valence-corrected chi connectivity index (χ0v) is 29.7. The number of amides is 1. The number of pyridine rings is 1. The van der Waals surface area contributed by atoms with Crippen LogP contribution in [0.15, 0.2) is 102 Å². The number of sulfonamides is 1. The van der Waals surface area contributed by atoms with Crippen LogP contribution in [0, 0.1) is 0 Å². The van der Waals surface area contributed by atoms with Crippen LogP contribution >= 0.6 is 17.0 Å². The van der Waals surface area contributed by atoms with Gasteiger partial charge in [0, 0.05) is 64.3 Å².